The van der Waals surface area contributed by atoms with Gasteiger partial charge in [0.1, 0.15) is 0 Å². The molecule has 0 spiro atoms. The summed E-state index contributed by atoms with van der Waals surface area (Å²) in [7, 11) is 1.79. The molecule has 0 aromatic carbocycles. The Morgan fingerprint density at radius 1 is 1.39 bits per heavy atom. The Kier molecular flexibility index (Phi) is 6.61. The lowest BCUT2D eigenvalue weighted by Gasteiger charge is -2.30. The van der Waals surface area contributed by atoms with Gasteiger partial charge in [0.2, 0.25) is 0 Å². The van der Waals surface area contributed by atoms with Crippen molar-refractivity contribution in [3.05, 3.63) is 0 Å². The summed E-state index contributed by atoms with van der Waals surface area (Å²) in [6.07, 6.45) is 2.50. The zero-order valence-corrected chi connectivity index (χ0v) is 13.0. The normalized spacial score (nSPS) is 22.0. The summed E-state index contributed by atoms with van der Waals surface area (Å²) in [5.41, 5.74) is 0.371. The zero-order chi connectivity index (χ0) is 13.6. The summed E-state index contributed by atoms with van der Waals surface area (Å²) in [5.74, 6) is 0.839. The molecule has 1 aliphatic rings. The SMILES string of the molecule is COCCC(C)(C)CN1CCC(CNC(C)C)C1. The minimum atomic E-state index is 0.371. The number of hydrogen-bond acceptors (Lipinski definition) is 3. The maximum absolute atomic E-state index is 5.20. The monoisotopic (exact) mass is 256 g/mol. The smallest absolute Gasteiger partial charge is 0.0467 e. The van der Waals surface area contributed by atoms with Gasteiger partial charge in [-0.05, 0) is 37.3 Å². The highest BCUT2D eigenvalue weighted by Crippen LogP contribution is 2.25. The first-order chi connectivity index (χ1) is 8.43. The van der Waals surface area contributed by atoms with E-state index in [4.69, 9.17) is 4.74 Å². The molecule has 0 aromatic rings. The maximum atomic E-state index is 5.20. The highest BCUT2D eigenvalue weighted by Gasteiger charge is 2.27. The highest BCUT2D eigenvalue weighted by molar-refractivity contribution is 4.82. The Balaban J connectivity index is 2.24. The number of rotatable bonds is 8. The van der Waals surface area contributed by atoms with E-state index in [9.17, 15) is 0 Å². The van der Waals surface area contributed by atoms with E-state index in [1.54, 1.807) is 7.11 Å². The Morgan fingerprint density at radius 3 is 2.72 bits per heavy atom. The summed E-state index contributed by atoms with van der Waals surface area (Å²) in [6, 6.07) is 0.609. The summed E-state index contributed by atoms with van der Waals surface area (Å²) in [4.78, 5) is 2.63. The predicted octanol–water partition coefficient (Wildman–Crippen LogP) is 2.37. The Morgan fingerprint density at radius 2 is 2.11 bits per heavy atom. The second kappa shape index (κ2) is 7.46. The number of likely N-dealkylation sites (tertiary alicyclic amines) is 1. The minimum absolute atomic E-state index is 0.371. The van der Waals surface area contributed by atoms with Crippen molar-refractivity contribution < 1.29 is 4.74 Å². The number of hydrogen-bond donors (Lipinski definition) is 1. The van der Waals surface area contributed by atoms with Crippen LogP contribution in [0.3, 0.4) is 0 Å². The molecule has 1 atom stereocenters. The number of nitrogens with zero attached hydrogens (tertiary/aromatic N) is 1. The highest BCUT2D eigenvalue weighted by atomic mass is 16.5. The van der Waals surface area contributed by atoms with Crippen LogP contribution in [0.15, 0.2) is 0 Å². The molecule has 0 saturated carbocycles. The summed E-state index contributed by atoms with van der Waals surface area (Å²) in [6.45, 7) is 14.9. The fraction of sp³-hybridized carbons (Fsp3) is 1.00. The summed E-state index contributed by atoms with van der Waals surface area (Å²) in [5, 5.41) is 3.56. The van der Waals surface area contributed by atoms with Gasteiger partial charge in [0.05, 0.1) is 0 Å². The van der Waals surface area contributed by atoms with E-state index in [1.165, 1.54) is 32.6 Å². The summed E-state index contributed by atoms with van der Waals surface area (Å²) >= 11 is 0. The molecular weight excluding hydrogens is 224 g/mol. The molecule has 108 valence electrons. The van der Waals surface area contributed by atoms with Crippen LogP contribution in [0, 0.1) is 11.3 Å². The fourth-order valence-electron chi connectivity index (χ4n) is 2.69. The van der Waals surface area contributed by atoms with Crippen LogP contribution in [0.25, 0.3) is 0 Å². The van der Waals surface area contributed by atoms with Crippen LogP contribution in [0.5, 0.6) is 0 Å². The molecule has 1 rings (SSSR count). The molecule has 1 heterocycles. The van der Waals surface area contributed by atoms with Gasteiger partial charge in [0, 0.05) is 32.8 Å². The van der Waals surface area contributed by atoms with E-state index in [0.717, 1.165) is 18.9 Å². The van der Waals surface area contributed by atoms with Crippen molar-refractivity contribution in [3.63, 3.8) is 0 Å². The Bertz CT molecular complexity index is 229. The fourth-order valence-corrected chi connectivity index (χ4v) is 2.69. The lowest BCUT2D eigenvalue weighted by Crippen LogP contribution is -2.35. The standard InChI is InChI=1S/C15H32N2O/c1-13(2)16-10-14-6-8-17(11-14)12-15(3,4)7-9-18-5/h13-14,16H,6-12H2,1-5H3. The van der Waals surface area contributed by atoms with Crippen LogP contribution in [0.4, 0.5) is 0 Å². The lowest BCUT2D eigenvalue weighted by molar-refractivity contribution is 0.124. The van der Waals surface area contributed by atoms with Crippen molar-refractivity contribution in [1.29, 1.82) is 0 Å². The number of methoxy groups -OCH3 is 1. The van der Waals surface area contributed by atoms with Crippen molar-refractivity contribution in [2.75, 3.05) is 39.9 Å². The lowest BCUT2D eigenvalue weighted by atomic mass is 9.89. The zero-order valence-electron chi connectivity index (χ0n) is 13.0. The van der Waals surface area contributed by atoms with Crippen LogP contribution in [0.2, 0.25) is 0 Å². The van der Waals surface area contributed by atoms with Gasteiger partial charge >= 0.3 is 0 Å². The van der Waals surface area contributed by atoms with Crippen molar-refractivity contribution in [1.82, 2.24) is 10.2 Å². The molecule has 18 heavy (non-hydrogen) atoms. The van der Waals surface area contributed by atoms with Crippen LogP contribution in [0.1, 0.15) is 40.5 Å². The average molecular weight is 256 g/mol. The molecule has 1 N–H and O–H groups in total. The van der Waals surface area contributed by atoms with Crippen LogP contribution in [-0.2, 0) is 4.74 Å². The molecule has 0 aliphatic carbocycles. The molecule has 1 fully saturated rings. The second-order valence-corrected chi connectivity index (χ2v) is 6.86. The molecule has 1 unspecified atom stereocenters. The van der Waals surface area contributed by atoms with Crippen molar-refractivity contribution >= 4 is 0 Å². The Labute approximate surface area is 113 Å². The molecule has 0 amide bonds. The first-order valence-electron chi connectivity index (χ1n) is 7.37. The van der Waals surface area contributed by atoms with Crippen LogP contribution < -0.4 is 5.32 Å². The third-order valence-electron chi connectivity index (χ3n) is 3.82. The molecule has 1 aliphatic heterocycles. The van der Waals surface area contributed by atoms with Gasteiger partial charge in [-0.3, -0.25) is 0 Å². The van der Waals surface area contributed by atoms with Crippen molar-refractivity contribution in [3.8, 4) is 0 Å². The van der Waals surface area contributed by atoms with E-state index in [2.05, 4.69) is 37.9 Å². The van der Waals surface area contributed by atoms with E-state index >= 15 is 0 Å². The Hall–Kier alpha value is -0.120. The second-order valence-electron chi connectivity index (χ2n) is 6.86. The van der Waals surface area contributed by atoms with Gasteiger partial charge in [0.15, 0.2) is 0 Å². The van der Waals surface area contributed by atoms with E-state index < -0.39 is 0 Å². The topological polar surface area (TPSA) is 24.5 Å². The quantitative estimate of drug-likeness (QED) is 0.721. The third-order valence-corrected chi connectivity index (χ3v) is 3.82. The van der Waals surface area contributed by atoms with Crippen LogP contribution in [-0.4, -0.2) is 50.8 Å². The maximum Gasteiger partial charge on any atom is 0.0467 e. The number of ether oxygens (including phenoxy) is 1. The van der Waals surface area contributed by atoms with E-state index in [1.807, 2.05) is 0 Å². The van der Waals surface area contributed by atoms with Crippen LogP contribution >= 0.6 is 0 Å². The molecular formula is C15H32N2O. The van der Waals surface area contributed by atoms with Gasteiger partial charge in [-0.25, -0.2) is 0 Å². The summed E-state index contributed by atoms with van der Waals surface area (Å²) < 4.78 is 5.20. The van der Waals surface area contributed by atoms with E-state index in [0.29, 0.717) is 11.5 Å². The molecule has 0 bridgehead atoms. The van der Waals surface area contributed by atoms with E-state index in [-0.39, 0.29) is 0 Å². The van der Waals surface area contributed by atoms with Gasteiger partial charge in [-0.15, -0.1) is 0 Å². The van der Waals surface area contributed by atoms with Crippen molar-refractivity contribution in [2.45, 2.75) is 46.6 Å². The molecule has 3 heteroatoms. The van der Waals surface area contributed by atoms with Gasteiger partial charge in [-0.1, -0.05) is 27.7 Å². The average Bonchev–Trinajstić information content (AvgIpc) is 2.70. The van der Waals surface area contributed by atoms with Gasteiger partial charge in [0.25, 0.3) is 0 Å². The molecule has 3 nitrogen and oxygen atoms in total. The first-order valence-corrected chi connectivity index (χ1v) is 7.37. The largest absolute Gasteiger partial charge is 0.385 e. The first kappa shape index (κ1) is 15.9. The molecule has 0 radical (unpaired) electrons. The molecule has 1 saturated heterocycles. The third kappa shape index (κ3) is 6.17. The number of nitrogens with one attached hydrogen (secondary N) is 1. The predicted molar refractivity (Wildman–Crippen MR) is 78.0 cm³/mol. The van der Waals surface area contributed by atoms with Crippen molar-refractivity contribution in [2.24, 2.45) is 11.3 Å². The van der Waals surface area contributed by atoms with Gasteiger partial charge in [-0.2, -0.15) is 0 Å². The van der Waals surface area contributed by atoms with Gasteiger partial charge < -0.3 is 15.0 Å². The minimum Gasteiger partial charge on any atom is -0.385 e. The molecule has 0 aromatic heterocycles.